The molecular formula is C15H22N2O3S. The number of hydrogen-bond acceptors (Lipinski definition) is 4. The molecule has 0 aromatic heterocycles. The SMILES string of the molecule is CN(C)c1ccc(CNC(=O)C[C@H]2CCS(=O)(=O)C2)cc1. The van der Waals surface area contributed by atoms with Crippen molar-refractivity contribution in [2.45, 2.75) is 19.4 Å². The van der Waals surface area contributed by atoms with Gasteiger partial charge in [0.15, 0.2) is 9.84 Å². The number of benzene rings is 1. The summed E-state index contributed by atoms with van der Waals surface area (Å²) in [5.74, 6) is 0.273. The van der Waals surface area contributed by atoms with Crippen molar-refractivity contribution in [1.82, 2.24) is 5.32 Å². The Morgan fingerprint density at radius 1 is 1.29 bits per heavy atom. The smallest absolute Gasteiger partial charge is 0.220 e. The van der Waals surface area contributed by atoms with Crippen LogP contribution in [0.3, 0.4) is 0 Å². The van der Waals surface area contributed by atoms with E-state index in [1.54, 1.807) is 0 Å². The second-order valence-electron chi connectivity index (χ2n) is 5.81. The van der Waals surface area contributed by atoms with Crippen LogP contribution in [0.2, 0.25) is 0 Å². The van der Waals surface area contributed by atoms with Crippen LogP contribution >= 0.6 is 0 Å². The number of nitrogens with zero attached hydrogens (tertiary/aromatic N) is 1. The Labute approximate surface area is 126 Å². The summed E-state index contributed by atoms with van der Waals surface area (Å²) in [6, 6.07) is 7.97. The van der Waals surface area contributed by atoms with E-state index in [9.17, 15) is 13.2 Å². The predicted molar refractivity (Wildman–Crippen MR) is 84.0 cm³/mol. The van der Waals surface area contributed by atoms with Crippen molar-refractivity contribution in [3.05, 3.63) is 29.8 Å². The molecule has 21 heavy (non-hydrogen) atoms. The first kappa shape index (κ1) is 15.8. The van der Waals surface area contributed by atoms with E-state index in [4.69, 9.17) is 0 Å². The van der Waals surface area contributed by atoms with E-state index in [2.05, 4.69) is 5.32 Å². The summed E-state index contributed by atoms with van der Waals surface area (Å²) in [5, 5.41) is 2.85. The third-order valence-corrected chi connectivity index (χ3v) is 5.58. The Morgan fingerprint density at radius 3 is 2.48 bits per heavy atom. The maximum absolute atomic E-state index is 11.8. The third-order valence-electron chi connectivity index (χ3n) is 3.74. The fourth-order valence-corrected chi connectivity index (χ4v) is 4.34. The Kier molecular flexibility index (Phi) is 4.88. The van der Waals surface area contributed by atoms with E-state index in [0.29, 0.717) is 19.4 Å². The van der Waals surface area contributed by atoms with Crippen molar-refractivity contribution in [2.24, 2.45) is 5.92 Å². The number of anilines is 1. The first-order valence-corrected chi connectivity index (χ1v) is 8.91. The Balaban J connectivity index is 1.79. The number of hydrogen-bond donors (Lipinski definition) is 1. The van der Waals surface area contributed by atoms with Gasteiger partial charge in [0.1, 0.15) is 0 Å². The second kappa shape index (κ2) is 6.47. The number of sulfone groups is 1. The maximum Gasteiger partial charge on any atom is 0.220 e. The first-order valence-electron chi connectivity index (χ1n) is 7.09. The molecule has 1 atom stereocenters. The molecule has 1 fully saturated rings. The monoisotopic (exact) mass is 310 g/mol. The van der Waals surface area contributed by atoms with E-state index in [1.165, 1.54) is 0 Å². The minimum Gasteiger partial charge on any atom is -0.378 e. The summed E-state index contributed by atoms with van der Waals surface area (Å²) in [6.45, 7) is 0.478. The van der Waals surface area contributed by atoms with Crippen LogP contribution in [0.4, 0.5) is 5.69 Å². The van der Waals surface area contributed by atoms with Crippen LogP contribution < -0.4 is 10.2 Å². The molecule has 116 valence electrons. The van der Waals surface area contributed by atoms with Gasteiger partial charge in [-0.05, 0) is 30.0 Å². The Hall–Kier alpha value is -1.56. The normalized spacial score (nSPS) is 20.2. The zero-order valence-corrected chi connectivity index (χ0v) is 13.3. The molecule has 6 heteroatoms. The fraction of sp³-hybridized carbons (Fsp3) is 0.533. The zero-order chi connectivity index (χ0) is 15.5. The van der Waals surface area contributed by atoms with E-state index in [0.717, 1.165) is 11.3 Å². The molecule has 0 radical (unpaired) electrons. The van der Waals surface area contributed by atoms with E-state index >= 15 is 0 Å². The number of carbonyl (C=O) groups excluding carboxylic acids is 1. The van der Waals surface area contributed by atoms with Crippen LogP contribution in [0, 0.1) is 5.92 Å². The first-order chi connectivity index (χ1) is 9.85. The molecule has 1 heterocycles. The van der Waals surface area contributed by atoms with Crippen LogP contribution in [-0.4, -0.2) is 39.9 Å². The fourth-order valence-electron chi connectivity index (χ4n) is 2.48. The van der Waals surface area contributed by atoms with Crippen molar-refractivity contribution in [3.8, 4) is 0 Å². The Morgan fingerprint density at radius 2 is 1.95 bits per heavy atom. The van der Waals surface area contributed by atoms with Crippen LogP contribution in [-0.2, 0) is 21.2 Å². The lowest BCUT2D eigenvalue weighted by atomic mass is 10.0. The van der Waals surface area contributed by atoms with Gasteiger partial charge in [-0.3, -0.25) is 4.79 Å². The van der Waals surface area contributed by atoms with Gasteiger partial charge < -0.3 is 10.2 Å². The van der Waals surface area contributed by atoms with E-state index in [-0.39, 0.29) is 23.3 Å². The molecule has 0 saturated carbocycles. The Bertz CT molecular complexity index is 594. The molecule has 0 aliphatic carbocycles. The quantitative estimate of drug-likeness (QED) is 0.887. The number of nitrogens with one attached hydrogen (secondary N) is 1. The molecule has 5 nitrogen and oxygen atoms in total. The van der Waals surface area contributed by atoms with Crippen molar-refractivity contribution < 1.29 is 13.2 Å². The summed E-state index contributed by atoms with van der Waals surface area (Å²) < 4.78 is 22.7. The summed E-state index contributed by atoms with van der Waals surface area (Å²) in [6.07, 6.45) is 0.905. The van der Waals surface area contributed by atoms with Crippen molar-refractivity contribution >= 4 is 21.4 Å². The lowest BCUT2D eigenvalue weighted by Gasteiger charge is -2.13. The van der Waals surface area contributed by atoms with Gasteiger partial charge in [-0.2, -0.15) is 0 Å². The maximum atomic E-state index is 11.8. The molecule has 1 saturated heterocycles. The molecule has 0 spiro atoms. The highest BCUT2D eigenvalue weighted by Crippen LogP contribution is 2.21. The van der Waals surface area contributed by atoms with Gasteiger partial charge in [0.05, 0.1) is 11.5 Å². The summed E-state index contributed by atoms with van der Waals surface area (Å²) >= 11 is 0. The highest BCUT2D eigenvalue weighted by Gasteiger charge is 2.29. The van der Waals surface area contributed by atoms with Gasteiger partial charge in [-0.1, -0.05) is 12.1 Å². The minimum absolute atomic E-state index is 0.0221. The van der Waals surface area contributed by atoms with Gasteiger partial charge >= 0.3 is 0 Å². The zero-order valence-electron chi connectivity index (χ0n) is 12.5. The van der Waals surface area contributed by atoms with Crippen LogP contribution in [0.15, 0.2) is 24.3 Å². The molecule has 1 aliphatic heterocycles. The van der Waals surface area contributed by atoms with Crippen molar-refractivity contribution in [3.63, 3.8) is 0 Å². The molecule has 2 rings (SSSR count). The van der Waals surface area contributed by atoms with Crippen molar-refractivity contribution in [1.29, 1.82) is 0 Å². The summed E-state index contributed by atoms with van der Waals surface area (Å²) in [7, 11) is 1.05. The van der Waals surface area contributed by atoms with Gasteiger partial charge in [-0.25, -0.2) is 8.42 Å². The van der Waals surface area contributed by atoms with E-state index in [1.807, 2.05) is 43.3 Å². The lowest BCUT2D eigenvalue weighted by molar-refractivity contribution is -0.122. The highest BCUT2D eigenvalue weighted by molar-refractivity contribution is 7.91. The highest BCUT2D eigenvalue weighted by atomic mass is 32.2. The van der Waals surface area contributed by atoms with Crippen molar-refractivity contribution in [2.75, 3.05) is 30.5 Å². The summed E-state index contributed by atoms with van der Waals surface area (Å²) in [5.41, 5.74) is 2.15. The van der Waals surface area contributed by atoms with Gasteiger partial charge in [0.2, 0.25) is 5.91 Å². The topological polar surface area (TPSA) is 66.5 Å². The number of carbonyl (C=O) groups is 1. The number of amides is 1. The average Bonchev–Trinajstić information content (AvgIpc) is 2.76. The molecule has 0 unspecified atom stereocenters. The van der Waals surface area contributed by atoms with Crippen LogP contribution in [0.25, 0.3) is 0 Å². The van der Waals surface area contributed by atoms with E-state index < -0.39 is 9.84 Å². The van der Waals surface area contributed by atoms with Gasteiger partial charge in [0.25, 0.3) is 0 Å². The molecule has 0 bridgehead atoms. The number of rotatable bonds is 5. The second-order valence-corrected chi connectivity index (χ2v) is 8.04. The molecule has 1 N–H and O–H groups in total. The van der Waals surface area contributed by atoms with Crippen LogP contribution in [0.5, 0.6) is 0 Å². The average molecular weight is 310 g/mol. The lowest BCUT2D eigenvalue weighted by Crippen LogP contribution is -2.25. The van der Waals surface area contributed by atoms with Gasteiger partial charge in [-0.15, -0.1) is 0 Å². The molecule has 1 aromatic rings. The minimum atomic E-state index is -2.91. The molecule has 1 amide bonds. The standard InChI is InChI=1S/C15H22N2O3S/c1-17(2)14-5-3-12(4-6-14)10-16-15(18)9-13-7-8-21(19,20)11-13/h3-6,13H,7-11H2,1-2H3,(H,16,18)/t13-/m1/s1. The largest absolute Gasteiger partial charge is 0.378 e. The predicted octanol–water partition coefficient (Wildman–Crippen LogP) is 1.19. The van der Waals surface area contributed by atoms with Gasteiger partial charge in [0, 0.05) is 32.7 Å². The summed E-state index contributed by atoms with van der Waals surface area (Å²) in [4.78, 5) is 13.9. The molecular weight excluding hydrogens is 288 g/mol. The molecule has 1 aromatic carbocycles. The third kappa shape index (κ3) is 4.74. The molecule has 1 aliphatic rings. The van der Waals surface area contributed by atoms with Crippen LogP contribution in [0.1, 0.15) is 18.4 Å².